The van der Waals surface area contributed by atoms with Gasteiger partial charge in [0.05, 0.1) is 0 Å². The van der Waals surface area contributed by atoms with Crippen LogP contribution in [0.5, 0.6) is 0 Å². The molecule has 10 heavy (non-hydrogen) atoms. The van der Waals surface area contributed by atoms with Crippen LogP contribution in [0.1, 0.15) is 0 Å². The molecule has 0 atom stereocenters. The van der Waals surface area contributed by atoms with Gasteiger partial charge in [0, 0.05) is 6.54 Å². The van der Waals surface area contributed by atoms with Crippen LogP contribution in [0.15, 0.2) is 0 Å². The molecule has 0 saturated carbocycles. The summed E-state index contributed by atoms with van der Waals surface area (Å²) in [6.45, 7) is 0.573. The van der Waals surface area contributed by atoms with Crippen molar-refractivity contribution < 1.29 is 4.79 Å². The average molecular weight is 145 g/mol. The van der Waals surface area contributed by atoms with Crippen LogP contribution in [0.4, 0.5) is 0 Å². The van der Waals surface area contributed by atoms with E-state index in [-0.39, 0.29) is 0 Å². The molecule has 0 aromatic rings. The topological polar surface area (TPSA) is 53.2 Å². The number of carbonyl (C=O) groups excluding carboxylic acids is 1. The van der Waals surface area contributed by atoms with Crippen LogP contribution in [0.2, 0.25) is 0 Å². The third-order valence-corrected chi connectivity index (χ3v) is 1.55. The minimum atomic E-state index is -0.616. The van der Waals surface area contributed by atoms with Gasteiger partial charge >= 0.3 is 0 Å². The highest BCUT2D eigenvalue weighted by molar-refractivity contribution is 5.63. The van der Waals surface area contributed by atoms with Crippen LogP contribution < -0.4 is 16.0 Å². The van der Waals surface area contributed by atoms with Gasteiger partial charge in [-0.25, -0.2) is 0 Å². The minimum Gasteiger partial charge on any atom is -0.316 e. The number of hydrogen-bond donors (Lipinski definition) is 3. The third-order valence-electron chi connectivity index (χ3n) is 1.55. The summed E-state index contributed by atoms with van der Waals surface area (Å²) in [5.74, 6) is 0. The first-order valence-electron chi connectivity index (χ1n) is 3.23. The van der Waals surface area contributed by atoms with E-state index in [9.17, 15) is 4.79 Å². The Morgan fingerprint density at radius 1 is 1.30 bits per heavy atom. The van der Waals surface area contributed by atoms with Crippen molar-refractivity contribution in [2.75, 3.05) is 27.7 Å². The molecule has 0 aliphatic heterocycles. The Labute approximate surface area is 61.4 Å². The van der Waals surface area contributed by atoms with Gasteiger partial charge < -0.3 is 5.32 Å². The maximum absolute atomic E-state index is 10.5. The Balaban J connectivity index is 4.00. The lowest BCUT2D eigenvalue weighted by atomic mass is 10.2. The molecule has 0 bridgehead atoms. The number of carbonyl (C=O) groups is 1. The monoisotopic (exact) mass is 145 g/mol. The SMILES string of the molecule is CNCC(C=O)(NC)NC. The average Bonchev–Trinajstić information content (AvgIpc) is 2.01. The van der Waals surface area contributed by atoms with Gasteiger partial charge in [-0.3, -0.25) is 15.4 Å². The molecule has 0 saturated heterocycles. The molecule has 0 aromatic heterocycles. The fourth-order valence-corrected chi connectivity index (χ4v) is 0.740. The lowest BCUT2D eigenvalue weighted by molar-refractivity contribution is -0.114. The lowest BCUT2D eigenvalue weighted by Gasteiger charge is -2.26. The van der Waals surface area contributed by atoms with Crippen LogP contribution in [-0.4, -0.2) is 39.6 Å². The number of nitrogens with one attached hydrogen (secondary N) is 3. The van der Waals surface area contributed by atoms with E-state index in [4.69, 9.17) is 0 Å². The first-order valence-corrected chi connectivity index (χ1v) is 3.23. The highest BCUT2D eigenvalue weighted by Gasteiger charge is 2.23. The zero-order valence-electron chi connectivity index (χ0n) is 6.69. The molecule has 0 aliphatic rings. The molecular weight excluding hydrogens is 130 g/mol. The van der Waals surface area contributed by atoms with Gasteiger partial charge in [0.1, 0.15) is 5.66 Å². The summed E-state index contributed by atoms with van der Waals surface area (Å²) in [6.07, 6.45) is 0.851. The van der Waals surface area contributed by atoms with E-state index < -0.39 is 5.66 Å². The van der Waals surface area contributed by atoms with Gasteiger partial charge in [0.15, 0.2) is 6.29 Å². The molecule has 0 spiro atoms. The Morgan fingerprint density at radius 3 is 1.90 bits per heavy atom. The fraction of sp³-hybridized carbons (Fsp3) is 0.833. The molecule has 60 valence electrons. The fourth-order valence-electron chi connectivity index (χ4n) is 0.740. The van der Waals surface area contributed by atoms with Crippen LogP contribution in [-0.2, 0) is 4.79 Å². The Hall–Kier alpha value is -0.450. The lowest BCUT2D eigenvalue weighted by Crippen LogP contribution is -2.60. The van der Waals surface area contributed by atoms with E-state index >= 15 is 0 Å². The second-order valence-corrected chi connectivity index (χ2v) is 2.12. The van der Waals surface area contributed by atoms with Crippen molar-refractivity contribution in [3.8, 4) is 0 Å². The zero-order chi connectivity index (χ0) is 8.04. The molecule has 0 fully saturated rings. The normalized spacial score (nSPS) is 11.5. The number of rotatable bonds is 5. The summed E-state index contributed by atoms with van der Waals surface area (Å²) in [5, 5.41) is 8.65. The Kier molecular flexibility index (Phi) is 4.18. The summed E-state index contributed by atoms with van der Waals surface area (Å²) in [5.41, 5.74) is -0.616. The van der Waals surface area contributed by atoms with Crippen LogP contribution >= 0.6 is 0 Å². The smallest absolute Gasteiger partial charge is 0.155 e. The highest BCUT2D eigenvalue weighted by Crippen LogP contribution is 1.89. The van der Waals surface area contributed by atoms with Crippen molar-refractivity contribution in [2.24, 2.45) is 0 Å². The number of likely N-dealkylation sites (N-methyl/N-ethyl adjacent to an activating group) is 3. The van der Waals surface area contributed by atoms with Crippen LogP contribution in [0.3, 0.4) is 0 Å². The van der Waals surface area contributed by atoms with E-state index in [2.05, 4.69) is 16.0 Å². The molecule has 0 rings (SSSR count). The van der Waals surface area contributed by atoms with Crippen molar-refractivity contribution in [2.45, 2.75) is 5.66 Å². The van der Waals surface area contributed by atoms with Gasteiger partial charge in [-0.05, 0) is 21.1 Å². The molecule has 3 N–H and O–H groups in total. The molecule has 0 heterocycles. The van der Waals surface area contributed by atoms with Gasteiger partial charge in [0.25, 0.3) is 0 Å². The molecule has 0 aromatic carbocycles. The first-order chi connectivity index (χ1) is 4.74. The summed E-state index contributed by atoms with van der Waals surface area (Å²) in [7, 11) is 5.28. The zero-order valence-corrected chi connectivity index (χ0v) is 6.69. The molecule has 0 unspecified atom stereocenters. The Bertz CT molecular complexity index is 101. The van der Waals surface area contributed by atoms with E-state index in [1.807, 2.05) is 0 Å². The maximum atomic E-state index is 10.5. The largest absolute Gasteiger partial charge is 0.316 e. The minimum absolute atomic E-state index is 0.573. The summed E-state index contributed by atoms with van der Waals surface area (Å²) in [4.78, 5) is 10.5. The number of aldehydes is 1. The molecule has 4 nitrogen and oxygen atoms in total. The summed E-state index contributed by atoms with van der Waals surface area (Å²) < 4.78 is 0. The number of hydrogen-bond acceptors (Lipinski definition) is 4. The second kappa shape index (κ2) is 4.38. The van der Waals surface area contributed by atoms with Crippen molar-refractivity contribution in [3.05, 3.63) is 0 Å². The Morgan fingerprint density at radius 2 is 1.80 bits per heavy atom. The van der Waals surface area contributed by atoms with Gasteiger partial charge in [-0.2, -0.15) is 0 Å². The molecule has 0 radical (unpaired) electrons. The molecule has 4 heteroatoms. The third kappa shape index (κ3) is 2.06. The van der Waals surface area contributed by atoms with Gasteiger partial charge in [0.2, 0.25) is 0 Å². The van der Waals surface area contributed by atoms with Crippen molar-refractivity contribution >= 4 is 6.29 Å². The van der Waals surface area contributed by atoms with E-state index in [1.54, 1.807) is 21.1 Å². The maximum Gasteiger partial charge on any atom is 0.155 e. The van der Waals surface area contributed by atoms with Crippen molar-refractivity contribution in [3.63, 3.8) is 0 Å². The van der Waals surface area contributed by atoms with Crippen LogP contribution in [0.25, 0.3) is 0 Å². The first kappa shape index (κ1) is 9.55. The predicted molar refractivity (Wildman–Crippen MR) is 40.8 cm³/mol. The van der Waals surface area contributed by atoms with Gasteiger partial charge in [-0.1, -0.05) is 0 Å². The predicted octanol–water partition coefficient (Wildman–Crippen LogP) is -1.46. The molecule has 0 amide bonds. The molecular formula is C6H15N3O. The molecule has 0 aliphatic carbocycles. The highest BCUT2D eigenvalue weighted by atomic mass is 16.1. The standard InChI is InChI=1S/C6H15N3O/c1-7-4-6(5-10,8-2)9-3/h5,7-9H,4H2,1-3H3. The summed E-state index contributed by atoms with van der Waals surface area (Å²) in [6, 6.07) is 0. The van der Waals surface area contributed by atoms with Gasteiger partial charge in [-0.15, -0.1) is 0 Å². The second-order valence-electron chi connectivity index (χ2n) is 2.12. The van der Waals surface area contributed by atoms with Crippen molar-refractivity contribution in [1.29, 1.82) is 0 Å². The summed E-state index contributed by atoms with van der Waals surface area (Å²) >= 11 is 0. The van der Waals surface area contributed by atoms with E-state index in [0.717, 1.165) is 6.29 Å². The quantitative estimate of drug-likeness (QED) is 0.327. The van der Waals surface area contributed by atoms with Crippen LogP contribution in [0, 0.1) is 0 Å². The van der Waals surface area contributed by atoms with Crippen molar-refractivity contribution in [1.82, 2.24) is 16.0 Å². The van der Waals surface area contributed by atoms with E-state index in [0.29, 0.717) is 6.54 Å². The van der Waals surface area contributed by atoms with E-state index in [1.165, 1.54) is 0 Å².